The van der Waals surface area contributed by atoms with Gasteiger partial charge in [0.15, 0.2) is 0 Å². The molecule has 5 rings (SSSR count). The highest BCUT2D eigenvalue weighted by Crippen LogP contribution is 2.53. The average Bonchev–Trinajstić information content (AvgIpc) is 2.75. The van der Waals surface area contributed by atoms with E-state index in [4.69, 9.17) is 11.1 Å². The molecule has 3 unspecified atom stereocenters. The summed E-state index contributed by atoms with van der Waals surface area (Å²) in [5.41, 5.74) is 12.7. The average molecular weight is 527 g/mol. The first-order valence-corrected chi connectivity index (χ1v) is 11.5. The molecule has 0 aromatic heterocycles. The second-order valence-electron chi connectivity index (χ2n) is 8.05. The molecule has 152 valence electrons. The number of amidine groups is 1. The molecule has 0 saturated heterocycles. The first-order chi connectivity index (χ1) is 14.4. The van der Waals surface area contributed by atoms with Crippen molar-refractivity contribution in [2.24, 2.45) is 11.7 Å². The molecule has 0 fully saturated rings. The van der Waals surface area contributed by atoms with Crippen LogP contribution in [0.1, 0.15) is 46.2 Å². The molecule has 5 N–H and O–H groups in total. The molecule has 3 aromatic carbocycles. The molecule has 3 atom stereocenters. The zero-order chi connectivity index (χ0) is 21.0. The van der Waals surface area contributed by atoms with Gasteiger partial charge < -0.3 is 16.2 Å². The van der Waals surface area contributed by atoms with Crippen LogP contribution in [0.25, 0.3) is 0 Å². The Balaban J connectivity index is 1.70. The van der Waals surface area contributed by atoms with Crippen molar-refractivity contribution in [2.75, 3.05) is 5.32 Å². The minimum absolute atomic E-state index is 0.0898. The predicted octanol–water partition coefficient (Wildman–Crippen LogP) is 6.06. The number of hydrogen-bond donors (Lipinski definition) is 4. The summed E-state index contributed by atoms with van der Waals surface area (Å²) in [7, 11) is 0. The van der Waals surface area contributed by atoms with Crippen molar-refractivity contribution in [3.8, 4) is 5.75 Å². The van der Waals surface area contributed by atoms with Gasteiger partial charge in [-0.1, -0.05) is 24.3 Å². The predicted molar refractivity (Wildman–Crippen MR) is 127 cm³/mol. The Labute approximate surface area is 192 Å². The molecule has 4 nitrogen and oxygen atoms in total. The highest BCUT2D eigenvalue weighted by atomic mass is 79.9. The van der Waals surface area contributed by atoms with Gasteiger partial charge in [0.2, 0.25) is 0 Å². The monoisotopic (exact) mass is 525 g/mol. The van der Waals surface area contributed by atoms with Crippen molar-refractivity contribution in [3.63, 3.8) is 0 Å². The Morgan fingerprint density at radius 3 is 2.50 bits per heavy atom. The third-order valence-electron chi connectivity index (χ3n) is 6.40. The van der Waals surface area contributed by atoms with Crippen LogP contribution in [-0.4, -0.2) is 10.9 Å². The molecule has 0 radical (unpaired) electrons. The maximum Gasteiger partial charge on any atom is 0.143 e. The van der Waals surface area contributed by atoms with Crippen LogP contribution in [0.2, 0.25) is 0 Å². The minimum Gasteiger partial charge on any atom is -0.506 e. The lowest BCUT2D eigenvalue weighted by Gasteiger charge is -2.45. The highest BCUT2D eigenvalue weighted by Gasteiger charge is 2.41. The summed E-state index contributed by atoms with van der Waals surface area (Å²) in [5, 5.41) is 21.8. The minimum atomic E-state index is 0.0898. The molecular weight excluding hydrogens is 506 g/mol. The number of aryl methyl sites for hydroxylation is 1. The third-order valence-corrected chi connectivity index (χ3v) is 7.61. The lowest BCUT2D eigenvalue weighted by molar-refractivity contribution is 0.347. The number of benzene rings is 3. The van der Waals surface area contributed by atoms with Crippen LogP contribution in [-0.2, 0) is 6.42 Å². The summed E-state index contributed by atoms with van der Waals surface area (Å²) < 4.78 is 1.36. The zero-order valence-corrected chi connectivity index (χ0v) is 19.3. The van der Waals surface area contributed by atoms with Crippen molar-refractivity contribution in [1.82, 2.24) is 0 Å². The number of rotatable bonds is 2. The van der Waals surface area contributed by atoms with Gasteiger partial charge in [-0.3, -0.25) is 5.41 Å². The highest BCUT2D eigenvalue weighted by molar-refractivity contribution is 9.11. The van der Waals surface area contributed by atoms with E-state index in [1.807, 2.05) is 24.3 Å². The maximum absolute atomic E-state index is 10.2. The Hall–Kier alpha value is -2.31. The number of phenolic OH excluding ortho intramolecular Hbond substituents is 1. The Morgan fingerprint density at radius 2 is 1.77 bits per heavy atom. The van der Waals surface area contributed by atoms with Crippen molar-refractivity contribution < 1.29 is 5.11 Å². The number of nitrogens with two attached hydrogens (primary N) is 1. The summed E-state index contributed by atoms with van der Waals surface area (Å²) in [6, 6.07) is 18.8. The van der Waals surface area contributed by atoms with Crippen LogP contribution in [0, 0.1) is 11.3 Å². The SMILES string of the molecule is N=C(N)c1ccc2c(c1)C1c3ccccc3CCC1C(c1cc(Br)c(O)c(Br)c1)N2. The molecule has 1 heterocycles. The van der Waals surface area contributed by atoms with Crippen LogP contribution < -0.4 is 11.1 Å². The van der Waals surface area contributed by atoms with Crippen molar-refractivity contribution in [3.05, 3.63) is 91.4 Å². The van der Waals surface area contributed by atoms with E-state index in [0.29, 0.717) is 14.9 Å². The van der Waals surface area contributed by atoms with Gasteiger partial charge in [0.05, 0.1) is 15.0 Å². The van der Waals surface area contributed by atoms with Crippen LogP contribution in [0.3, 0.4) is 0 Å². The van der Waals surface area contributed by atoms with Gasteiger partial charge in [0, 0.05) is 17.2 Å². The van der Waals surface area contributed by atoms with E-state index in [1.165, 1.54) is 16.7 Å². The summed E-state index contributed by atoms with van der Waals surface area (Å²) >= 11 is 6.98. The third kappa shape index (κ3) is 3.13. The van der Waals surface area contributed by atoms with Gasteiger partial charge in [-0.05, 0) is 103 Å². The lowest BCUT2D eigenvalue weighted by atomic mass is 9.65. The van der Waals surface area contributed by atoms with E-state index in [0.717, 1.165) is 29.7 Å². The number of hydrogen-bond acceptors (Lipinski definition) is 3. The quantitative estimate of drug-likeness (QED) is 0.242. The number of fused-ring (bicyclic) bond motifs is 5. The smallest absolute Gasteiger partial charge is 0.143 e. The second-order valence-corrected chi connectivity index (χ2v) is 9.76. The summed E-state index contributed by atoms with van der Waals surface area (Å²) in [5.74, 6) is 0.873. The van der Waals surface area contributed by atoms with E-state index in [9.17, 15) is 5.11 Å². The van der Waals surface area contributed by atoms with Crippen LogP contribution >= 0.6 is 31.9 Å². The number of aromatic hydroxyl groups is 1. The fraction of sp³-hybridized carbons (Fsp3) is 0.208. The maximum atomic E-state index is 10.2. The van der Waals surface area contributed by atoms with Crippen molar-refractivity contribution in [1.29, 1.82) is 5.41 Å². The van der Waals surface area contributed by atoms with Gasteiger partial charge in [-0.15, -0.1) is 0 Å². The number of phenols is 1. The number of nitrogens with one attached hydrogen (secondary N) is 2. The molecule has 6 heteroatoms. The fourth-order valence-electron chi connectivity index (χ4n) is 5.03. The standard InChI is InChI=1S/C24H21Br2N3O/c25-18-10-14(11-19(26)23(18)30)22-16-7-5-12-3-1-2-4-15(12)21(16)17-9-13(24(27)28)6-8-20(17)29-22/h1-4,6,8-11,16,21-22,29-30H,5,7H2,(H3,27,28). The molecule has 30 heavy (non-hydrogen) atoms. The summed E-state index contributed by atoms with van der Waals surface area (Å²) in [6.45, 7) is 0. The molecule has 0 bridgehead atoms. The van der Waals surface area contributed by atoms with Crippen molar-refractivity contribution in [2.45, 2.75) is 24.8 Å². The van der Waals surface area contributed by atoms with Gasteiger partial charge >= 0.3 is 0 Å². The van der Waals surface area contributed by atoms with Crippen molar-refractivity contribution >= 4 is 43.4 Å². The zero-order valence-electron chi connectivity index (χ0n) is 16.1. The normalized spacial score (nSPS) is 21.7. The molecular formula is C24H21Br2N3O. The summed E-state index contributed by atoms with van der Waals surface area (Å²) in [4.78, 5) is 0. The van der Waals surface area contributed by atoms with E-state index < -0.39 is 0 Å². The van der Waals surface area contributed by atoms with E-state index in [1.54, 1.807) is 0 Å². The first-order valence-electron chi connectivity index (χ1n) is 9.94. The largest absolute Gasteiger partial charge is 0.506 e. The number of halogens is 2. The molecule has 1 aliphatic carbocycles. The van der Waals surface area contributed by atoms with E-state index >= 15 is 0 Å². The van der Waals surface area contributed by atoms with Crippen LogP contribution in [0.4, 0.5) is 5.69 Å². The van der Waals surface area contributed by atoms with E-state index in [-0.39, 0.29) is 23.5 Å². The second kappa shape index (κ2) is 7.43. The van der Waals surface area contributed by atoms with Gasteiger partial charge in [0.1, 0.15) is 11.6 Å². The Morgan fingerprint density at radius 1 is 1.03 bits per heavy atom. The van der Waals surface area contributed by atoms with Crippen LogP contribution in [0.5, 0.6) is 5.75 Å². The first kappa shape index (κ1) is 19.6. The van der Waals surface area contributed by atoms with E-state index in [2.05, 4.69) is 67.5 Å². The molecule has 2 aliphatic rings. The van der Waals surface area contributed by atoms with Gasteiger partial charge in [0.25, 0.3) is 0 Å². The lowest BCUT2D eigenvalue weighted by Crippen LogP contribution is -2.35. The molecule has 0 saturated carbocycles. The molecule has 0 spiro atoms. The molecule has 3 aromatic rings. The van der Waals surface area contributed by atoms with Crippen LogP contribution in [0.15, 0.2) is 63.5 Å². The fourth-order valence-corrected chi connectivity index (χ4v) is 6.25. The topological polar surface area (TPSA) is 82.1 Å². The van der Waals surface area contributed by atoms with Gasteiger partial charge in [-0.2, -0.15) is 0 Å². The van der Waals surface area contributed by atoms with Gasteiger partial charge in [-0.25, -0.2) is 0 Å². The number of anilines is 1. The number of nitrogen functional groups attached to an aromatic ring is 1. The Kier molecular flexibility index (Phi) is 4.86. The molecule has 0 amide bonds. The Bertz CT molecular complexity index is 1150. The molecule has 1 aliphatic heterocycles. The summed E-state index contributed by atoms with van der Waals surface area (Å²) in [6.07, 6.45) is 2.09.